The zero-order chi connectivity index (χ0) is 13.6. The normalized spacial score (nSPS) is 19.6. The van der Waals surface area contributed by atoms with E-state index in [0.717, 1.165) is 32.5 Å². The smallest absolute Gasteiger partial charge is 0.214 e. The van der Waals surface area contributed by atoms with Gasteiger partial charge in [-0.3, -0.25) is 0 Å². The lowest BCUT2D eigenvalue weighted by Gasteiger charge is -2.34. The summed E-state index contributed by atoms with van der Waals surface area (Å²) in [6.45, 7) is 8.72. The monoisotopic (exact) mass is 277 g/mol. The summed E-state index contributed by atoms with van der Waals surface area (Å²) in [6.07, 6.45) is 1.73. The van der Waals surface area contributed by atoms with Crippen molar-refractivity contribution in [3.05, 3.63) is 0 Å². The van der Waals surface area contributed by atoms with Gasteiger partial charge in [0.2, 0.25) is 10.0 Å². The minimum absolute atomic E-state index is 0.285. The van der Waals surface area contributed by atoms with Crippen molar-refractivity contribution in [2.24, 2.45) is 11.7 Å². The first-order valence-corrected chi connectivity index (χ1v) is 8.47. The Bertz CT molecular complexity index is 322. The summed E-state index contributed by atoms with van der Waals surface area (Å²) in [5, 5.41) is 0. The third kappa shape index (κ3) is 5.22. The molecule has 1 saturated heterocycles. The van der Waals surface area contributed by atoms with Crippen LogP contribution in [0.3, 0.4) is 0 Å². The van der Waals surface area contributed by atoms with Crippen molar-refractivity contribution in [2.45, 2.75) is 26.7 Å². The van der Waals surface area contributed by atoms with Crippen LogP contribution in [0.5, 0.6) is 0 Å². The van der Waals surface area contributed by atoms with E-state index in [-0.39, 0.29) is 5.75 Å². The minimum atomic E-state index is -3.04. The molecule has 1 fully saturated rings. The van der Waals surface area contributed by atoms with E-state index < -0.39 is 10.0 Å². The summed E-state index contributed by atoms with van der Waals surface area (Å²) in [4.78, 5) is 2.29. The molecule has 18 heavy (non-hydrogen) atoms. The van der Waals surface area contributed by atoms with Crippen LogP contribution in [-0.4, -0.2) is 62.6 Å². The standard InChI is InChI=1S/C12H27N3O2S/c1-12(2)4-11-18(16,17)15-9-7-14(8-10-15)6-3-5-13/h12H,3-11,13H2,1-2H3. The second-order valence-corrected chi connectivity index (χ2v) is 7.47. The summed E-state index contributed by atoms with van der Waals surface area (Å²) in [5.74, 6) is 0.721. The Kier molecular flexibility index (Phi) is 6.55. The van der Waals surface area contributed by atoms with Crippen molar-refractivity contribution in [3.8, 4) is 0 Å². The number of piperazine rings is 1. The predicted molar refractivity (Wildman–Crippen MR) is 74.9 cm³/mol. The summed E-state index contributed by atoms with van der Waals surface area (Å²) in [7, 11) is -3.04. The molecule has 0 aliphatic carbocycles. The van der Waals surface area contributed by atoms with Crippen molar-refractivity contribution in [1.82, 2.24) is 9.21 Å². The Balaban J connectivity index is 2.37. The summed E-state index contributed by atoms with van der Waals surface area (Å²) >= 11 is 0. The zero-order valence-electron chi connectivity index (χ0n) is 11.6. The number of nitrogens with zero attached hydrogens (tertiary/aromatic N) is 2. The van der Waals surface area contributed by atoms with E-state index in [2.05, 4.69) is 18.7 Å². The Hall–Kier alpha value is -0.170. The van der Waals surface area contributed by atoms with Crippen LogP contribution in [0, 0.1) is 5.92 Å². The van der Waals surface area contributed by atoms with E-state index in [1.165, 1.54) is 0 Å². The Morgan fingerprint density at radius 2 is 1.78 bits per heavy atom. The number of nitrogens with two attached hydrogens (primary N) is 1. The zero-order valence-corrected chi connectivity index (χ0v) is 12.5. The third-order valence-electron chi connectivity index (χ3n) is 3.36. The number of rotatable bonds is 7. The molecule has 0 saturated carbocycles. The van der Waals surface area contributed by atoms with E-state index >= 15 is 0 Å². The molecular formula is C12H27N3O2S. The molecule has 0 unspecified atom stereocenters. The summed E-state index contributed by atoms with van der Waals surface area (Å²) < 4.78 is 25.8. The van der Waals surface area contributed by atoms with Crippen LogP contribution in [0.2, 0.25) is 0 Å². The third-order valence-corrected chi connectivity index (χ3v) is 5.26. The molecule has 2 N–H and O–H groups in total. The fraction of sp³-hybridized carbons (Fsp3) is 1.00. The van der Waals surface area contributed by atoms with Gasteiger partial charge in [-0.15, -0.1) is 0 Å². The van der Waals surface area contributed by atoms with Gasteiger partial charge in [-0.1, -0.05) is 13.8 Å². The van der Waals surface area contributed by atoms with Crippen LogP contribution in [0.1, 0.15) is 26.7 Å². The molecule has 0 aromatic carbocycles. The van der Waals surface area contributed by atoms with E-state index in [0.29, 0.717) is 25.6 Å². The van der Waals surface area contributed by atoms with Crippen LogP contribution < -0.4 is 5.73 Å². The van der Waals surface area contributed by atoms with Crippen LogP contribution in [0.15, 0.2) is 0 Å². The van der Waals surface area contributed by atoms with Gasteiger partial charge in [0, 0.05) is 26.2 Å². The lowest BCUT2D eigenvalue weighted by Crippen LogP contribution is -2.49. The predicted octanol–water partition coefficient (Wildman–Crippen LogP) is 0.329. The summed E-state index contributed by atoms with van der Waals surface area (Å²) in [6, 6.07) is 0. The molecule has 5 nitrogen and oxygen atoms in total. The Morgan fingerprint density at radius 3 is 2.28 bits per heavy atom. The molecule has 0 bridgehead atoms. The quantitative estimate of drug-likeness (QED) is 0.728. The highest BCUT2D eigenvalue weighted by Crippen LogP contribution is 2.11. The first-order chi connectivity index (χ1) is 8.45. The number of sulfonamides is 1. The largest absolute Gasteiger partial charge is 0.330 e. The van der Waals surface area contributed by atoms with Crippen LogP contribution in [-0.2, 0) is 10.0 Å². The van der Waals surface area contributed by atoms with E-state index in [4.69, 9.17) is 5.73 Å². The maximum absolute atomic E-state index is 12.1. The molecule has 1 aliphatic heterocycles. The lowest BCUT2D eigenvalue weighted by atomic mass is 10.2. The van der Waals surface area contributed by atoms with E-state index in [9.17, 15) is 8.42 Å². The highest BCUT2D eigenvalue weighted by molar-refractivity contribution is 7.89. The van der Waals surface area contributed by atoms with Gasteiger partial charge < -0.3 is 10.6 Å². The number of hydrogen-bond donors (Lipinski definition) is 1. The SMILES string of the molecule is CC(C)CCS(=O)(=O)N1CCN(CCCN)CC1. The topological polar surface area (TPSA) is 66.6 Å². The van der Waals surface area contributed by atoms with Crippen molar-refractivity contribution in [3.63, 3.8) is 0 Å². The maximum Gasteiger partial charge on any atom is 0.214 e. The first kappa shape index (κ1) is 15.9. The highest BCUT2D eigenvalue weighted by Gasteiger charge is 2.26. The van der Waals surface area contributed by atoms with Gasteiger partial charge in [0.05, 0.1) is 5.75 Å². The van der Waals surface area contributed by atoms with Crippen molar-refractivity contribution in [1.29, 1.82) is 0 Å². The second kappa shape index (κ2) is 7.43. The molecule has 1 heterocycles. The molecule has 108 valence electrons. The van der Waals surface area contributed by atoms with Crippen molar-refractivity contribution in [2.75, 3.05) is 45.0 Å². The average Bonchev–Trinajstić information content (AvgIpc) is 2.34. The minimum Gasteiger partial charge on any atom is -0.330 e. The molecule has 0 spiro atoms. The Morgan fingerprint density at radius 1 is 1.17 bits per heavy atom. The number of hydrogen-bond acceptors (Lipinski definition) is 4. The fourth-order valence-corrected chi connectivity index (χ4v) is 3.81. The lowest BCUT2D eigenvalue weighted by molar-refractivity contribution is 0.187. The van der Waals surface area contributed by atoms with Gasteiger partial charge in [-0.25, -0.2) is 8.42 Å². The maximum atomic E-state index is 12.1. The van der Waals surface area contributed by atoms with Gasteiger partial charge in [-0.2, -0.15) is 4.31 Å². The highest BCUT2D eigenvalue weighted by atomic mass is 32.2. The molecule has 1 aliphatic rings. The van der Waals surface area contributed by atoms with Gasteiger partial charge >= 0.3 is 0 Å². The Labute approximate surface area is 111 Å². The van der Waals surface area contributed by atoms with Crippen molar-refractivity contribution < 1.29 is 8.42 Å². The average molecular weight is 277 g/mol. The van der Waals surface area contributed by atoms with Crippen LogP contribution >= 0.6 is 0 Å². The van der Waals surface area contributed by atoms with Gasteiger partial charge in [0.15, 0.2) is 0 Å². The van der Waals surface area contributed by atoms with Crippen molar-refractivity contribution >= 4 is 10.0 Å². The molecule has 0 aromatic rings. The first-order valence-electron chi connectivity index (χ1n) is 6.86. The van der Waals surface area contributed by atoms with Gasteiger partial charge in [0.1, 0.15) is 0 Å². The van der Waals surface area contributed by atoms with Crippen LogP contribution in [0.4, 0.5) is 0 Å². The fourth-order valence-electron chi connectivity index (χ4n) is 2.06. The molecule has 0 aromatic heterocycles. The van der Waals surface area contributed by atoms with E-state index in [1.807, 2.05) is 0 Å². The van der Waals surface area contributed by atoms with Gasteiger partial charge in [0.25, 0.3) is 0 Å². The van der Waals surface area contributed by atoms with Crippen LogP contribution in [0.25, 0.3) is 0 Å². The van der Waals surface area contributed by atoms with Gasteiger partial charge in [-0.05, 0) is 31.8 Å². The summed E-state index contributed by atoms with van der Waals surface area (Å²) in [5.41, 5.74) is 5.48. The molecular weight excluding hydrogens is 250 g/mol. The second-order valence-electron chi connectivity index (χ2n) is 5.38. The van der Waals surface area contributed by atoms with E-state index in [1.54, 1.807) is 4.31 Å². The molecule has 0 amide bonds. The molecule has 0 atom stereocenters. The molecule has 0 radical (unpaired) electrons. The molecule has 1 rings (SSSR count). The molecule has 6 heteroatoms.